The topological polar surface area (TPSA) is 91.6 Å². The van der Waals surface area contributed by atoms with Crippen LogP contribution in [0.5, 0.6) is 0 Å². The number of piperidine rings is 1. The van der Waals surface area contributed by atoms with Gasteiger partial charge in [-0.2, -0.15) is 13.2 Å². The largest absolute Gasteiger partial charge is 0.481 e. The van der Waals surface area contributed by atoms with Crippen molar-refractivity contribution in [2.45, 2.75) is 90.4 Å². The average molecular weight is 744 g/mol. The first-order valence-corrected chi connectivity index (χ1v) is 17.7. The van der Waals surface area contributed by atoms with Gasteiger partial charge in [0, 0.05) is 29.9 Å². The standard InChI is InChI=1S/C40H43F6N3O4/c1-6-25-16-28(35-22(4)14-27(41)15-23(35)5)38(43)36(37(25)42)31(18-34(51)52)47-39(53)32(13-21(2)3)49-20-29(30(17-33(49)50)40(44,45)46)26-9-11-48(12-10-26)19-24-7-8-24/h1,14-17,20-21,24,26,31-32H,7-13,18-19H2,2-5H3,(H,47,53)(H,51,52)/t31-,32-/m1/s1. The summed E-state index contributed by atoms with van der Waals surface area (Å²) in [6.45, 7) is 8.50. The van der Waals surface area contributed by atoms with Crippen molar-refractivity contribution in [1.29, 1.82) is 0 Å². The lowest BCUT2D eigenvalue weighted by molar-refractivity contribution is -0.139. The molecule has 7 nitrogen and oxygen atoms in total. The maximum absolute atomic E-state index is 16.5. The predicted octanol–water partition coefficient (Wildman–Crippen LogP) is 8.06. The van der Waals surface area contributed by atoms with Gasteiger partial charge in [-0.1, -0.05) is 19.8 Å². The number of benzene rings is 2. The van der Waals surface area contributed by atoms with Crippen molar-refractivity contribution in [3.05, 3.63) is 91.6 Å². The molecule has 2 atom stereocenters. The van der Waals surface area contributed by atoms with E-state index in [1.807, 2.05) is 0 Å². The van der Waals surface area contributed by atoms with Gasteiger partial charge < -0.3 is 19.9 Å². The number of nitrogens with zero attached hydrogens (tertiary/aromatic N) is 2. The van der Waals surface area contributed by atoms with Crippen LogP contribution < -0.4 is 10.9 Å². The van der Waals surface area contributed by atoms with Crippen LogP contribution in [-0.2, 0) is 15.8 Å². The minimum absolute atomic E-state index is 0.0786. The molecule has 0 spiro atoms. The Morgan fingerprint density at radius 2 is 1.62 bits per heavy atom. The molecular weight excluding hydrogens is 700 g/mol. The third kappa shape index (κ3) is 8.98. The Morgan fingerprint density at radius 1 is 1.00 bits per heavy atom. The molecule has 2 fully saturated rings. The third-order valence-corrected chi connectivity index (χ3v) is 10.2. The van der Waals surface area contributed by atoms with Gasteiger partial charge in [0.1, 0.15) is 23.5 Å². The van der Waals surface area contributed by atoms with Gasteiger partial charge >= 0.3 is 12.1 Å². The van der Waals surface area contributed by atoms with E-state index in [1.54, 1.807) is 13.8 Å². The second-order valence-corrected chi connectivity index (χ2v) is 14.8. The van der Waals surface area contributed by atoms with Gasteiger partial charge in [0.2, 0.25) is 5.91 Å². The fourth-order valence-electron chi connectivity index (χ4n) is 7.52. The number of carboxylic acid groups (broad SMARTS) is 1. The van der Waals surface area contributed by atoms with E-state index in [2.05, 4.69) is 16.1 Å². The number of aryl methyl sites for hydroxylation is 2. The molecule has 0 radical (unpaired) electrons. The van der Waals surface area contributed by atoms with E-state index in [0.29, 0.717) is 37.9 Å². The molecule has 1 aliphatic heterocycles. The zero-order chi connectivity index (χ0) is 38.9. The molecule has 1 aliphatic carbocycles. The number of pyridine rings is 1. The highest BCUT2D eigenvalue weighted by molar-refractivity contribution is 5.82. The van der Waals surface area contributed by atoms with E-state index in [1.165, 1.54) is 13.8 Å². The smallest absolute Gasteiger partial charge is 0.416 e. The molecule has 2 heterocycles. The van der Waals surface area contributed by atoms with Gasteiger partial charge in [-0.3, -0.25) is 14.4 Å². The maximum atomic E-state index is 16.5. The van der Waals surface area contributed by atoms with E-state index in [-0.39, 0.29) is 40.2 Å². The fourth-order valence-corrected chi connectivity index (χ4v) is 7.52. The van der Waals surface area contributed by atoms with Gasteiger partial charge in [0.25, 0.3) is 5.56 Å². The summed E-state index contributed by atoms with van der Waals surface area (Å²) < 4.78 is 90.8. The SMILES string of the molecule is C#Cc1cc(-c2c(C)cc(F)cc2C)c(F)c([C@@H](CC(=O)O)NC(=O)[C@@H](CC(C)C)n2cc(C3CCN(CC4CC4)CC3)c(C(F)(F)F)cc2=O)c1F. The molecule has 53 heavy (non-hydrogen) atoms. The summed E-state index contributed by atoms with van der Waals surface area (Å²) in [7, 11) is 0. The minimum atomic E-state index is -4.85. The van der Waals surface area contributed by atoms with E-state index >= 15 is 8.78 Å². The van der Waals surface area contributed by atoms with Crippen molar-refractivity contribution in [2.24, 2.45) is 11.8 Å². The maximum Gasteiger partial charge on any atom is 0.416 e. The monoisotopic (exact) mass is 743 g/mol. The average Bonchev–Trinajstić information content (AvgIpc) is 3.88. The second kappa shape index (κ2) is 15.8. The molecule has 1 saturated carbocycles. The number of terminal acetylenes is 1. The van der Waals surface area contributed by atoms with Gasteiger partial charge in [0.05, 0.1) is 23.6 Å². The molecular formula is C40H43F6N3O4. The van der Waals surface area contributed by atoms with Crippen LogP contribution in [-0.4, -0.2) is 46.1 Å². The van der Waals surface area contributed by atoms with Gasteiger partial charge in [-0.25, -0.2) is 13.2 Å². The molecule has 2 N–H and O–H groups in total. The number of aliphatic carboxylic acids is 1. The Kier molecular flexibility index (Phi) is 11.8. The minimum Gasteiger partial charge on any atom is -0.481 e. The number of carboxylic acids is 1. The molecule has 1 amide bonds. The van der Waals surface area contributed by atoms with Crippen LogP contribution in [0, 0.1) is 55.5 Å². The summed E-state index contributed by atoms with van der Waals surface area (Å²) in [5, 5.41) is 12.2. The Hall–Kier alpha value is -4.57. The predicted molar refractivity (Wildman–Crippen MR) is 188 cm³/mol. The number of amides is 1. The molecule has 2 aliphatic rings. The molecule has 0 bridgehead atoms. The highest BCUT2D eigenvalue weighted by Crippen LogP contribution is 2.41. The Labute approximate surface area is 304 Å². The van der Waals surface area contributed by atoms with E-state index in [0.717, 1.165) is 48.3 Å². The van der Waals surface area contributed by atoms with Crippen molar-refractivity contribution in [2.75, 3.05) is 19.6 Å². The number of hydrogen-bond acceptors (Lipinski definition) is 4. The first kappa shape index (κ1) is 39.6. The van der Waals surface area contributed by atoms with Crippen molar-refractivity contribution in [1.82, 2.24) is 14.8 Å². The van der Waals surface area contributed by atoms with Crippen LogP contribution in [0.4, 0.5) is 26.3 Å². The second-order valence-electron chi connectivity index (χ2n) is 14.8. The zero-order valence-corrected chi connectivity index (χ0v) is 30.0. The van der Waals surface area contributed by atoms with E-state index in [9.17, 15) is 37.1 Å². The van der Waals surface area contributed by atoms with Crippen LogP contribution in [0.1, 0.15) is 104 Å². The molecule has 1 aromatic heterocycles. The summed E-state index contributed by atoms with van der Waals surface area (Å²) in [4.78, 5) is 42.0. The number of rotatable bonds is 12. The summed E-state index contributed by atoms with van der Waals surface area (Å²) in [5.41, 5.74) is -3.14. The van der Waals surface area contributed by atoms with Crippen LogP contribution in [0.15, 0.2) is 35.3 Å². The number of carbonyl (C=O) groups is 2. The Bertz CT molecular complexity index is 1960. The molecule has 1 saturated heterocycles. The van der Waals surface area contributed by atoms with Crippen LogP contribution in [0.3, 0.4) is 0 Å². The first-order valence-electron chi connectivity index (χ1n) is 17.7. The number of nitrogens with one attached hydrogen (secondary N) is 1. The normalized spacial score (nSPS) is 16.7. The molecule has 13 heteroatoms. The van der Waals surface area contributed by atoms with Crippen LogP contribution in [0.25, 0.3) is 11.1 Å². The van der Waals surface area contributed by atoms with Crippen molar-refractivity contribution in [3.8, 4) is 23.5 Å². The zero-order valence-electron chi connectivity index (χ0n) is 30.0. The lowest BCUT2D eigenvalue weighted by Crippen LogP contribution is -2.41. The summed E-state index contributed by atoms with van der Waals surface area (Å²) in [6.07, 6.45) is 3.79. The molecule has 5 rings (SSSR count). The highest BCUT2D eigenvalue weighted by Gasteiger charge is 2.39. The van der Waals surface area contributed by atoms with Gasteiger partial charge in [-0.15, -0.1) is 6.42 Å². The number of halogens is 6. The Morgan fingerprint density at radius 3 is 2.15 bits per heavy atom. The quantitative estimate of drug-likeness (QED) is 0.145. The number of aromatic nitrogens is 1. The number of hydrogen-bond donors (Lipinski definition) is 2. The van der Waals surface area contributed by atoms with Crippen LogP contribution >= 0.6 is 0 Å². The lowest BCUT2D eigenvalue weighted by atomic mass is 9.87. The van der Waals surface area contributed by atoms with Gasteiger partial charge in [0.15, 0.2) is 0 Å². The van der Waals surface area contributed by atoms with E-state index < -0.39 is 82.2 Å². The van der Waals surface area contributed by atoms with E-state index in [4.69, 9.17) is 6.42 Å². The van der Waals surface area contributed by atoms with Crippen molar-refractivity contribution >= 4 is 11.9 Å². The van der Waals surface area contributed by atoms with Crippen LogP contribution in [0.2, 0.25) is 0 Å². The van der Waals surface area contributed by atoms with Crippen molar-refractivity contribution < 1.29 is 41.0 Å². The van der Waals surface area contributed by atoms with Crippen molar-refractivity contribution in [3.63, 3.8) is 0 Å². The fraction of sp³-hybridized carbons (Fsp3) is 0.475. The highest BCUT2D eigenvalue weighted by atomic mass is 19.4. The summed E-state index contributed by atoms with van der Waals surface area (Å²) >= 11 is 0. The van der Waals surface area contributed by atoms with Gasteiger partial charge in [-0.05, 0) is 117 Å². The number of carbonyl (C=O) groups excluding carboxylic acids is 1. The molecule has 2 aromatic carbocycles. The lowest BCUT2D eigenvalue weighted by Gasteiger charge is -2.34. The molecule has 3 aromatic rings. The first-order chi connectivity index (χ1) is 24.9. The molecule has 284 valence electrons. The molecule has 0 unspecified atom stereocenters. The third-order valence-electron chi connectivity index (χ3n) is 10.2. The number of likely N-dealkylation sites (tertiary alicyclic amines) is 1. The number of alkyl halides is 3. The summed E-state index contributed by atoms with van der Waals surface area (Å²) in [5.74, 6) is -3.85. The summed E-state index contributed by atoms with van der Waals surface area (Å²) in [6, 6.07) is 0.460. The Balaban J connectivity index is 1.58.